The van der Waals surface area contributed by atoms with Gasteiger partial charge in [-0.1, -0.05) is 11.6 Å². The van der Waals surface area contributed by atoms with Gasteiger partial charge < -0.3 is 10.6 Å². The Kier molecular flexibility index (Phi) is 4.53. The Balaban J connectivity index is 2.10. The van der Waals surface area contributed by atoms with E-state index >= 15 is 0 Å². The maximum atomic E-state index is 11.0. The highest BCUT2D eigenvalue weighted by Crippen LogP contribution is 2.27. The smallest absolute Gasteiger partial charge is 0.221 e. The van der Waals surface area contributed by atoms with Crippen LogP contribution in [-0.2, 0) is 4.79 Å². The van der Waals surface area contributed by atoms with Crippen LogP contribution in [-0.4, -0.2) is 15.9 Å². The lowest BCUT2D eigenvalue weighted by molar-refractivity contribution is -0.114. The first-order chi connectivity index (χ1) is 9.56. The predicted octanol–water partition coefficient (Wildman–Crippen LogP) is 3.26. The van der Waals surface area contributed by atoms with Crippen LogP contribution in [0.1, 0.15) is 25.6 Å². The van der Waals surface area contributed by atoms with Crippen LogP contribution in [0.5, 0.6) is 0 Å². The molecular weight excluding hydrogens is 276 g/mol. The number of benzene rings is 1. The van der Waals surface area contributed by atoms with Crippen molar-refractivity contribution in [1.29, 1.82) is 0 Å². The van der Waals surface area contributed by atoms with Gasteiger partial charge in [0.15, 0.2) is 0 Å². The van der Waals surface area contributed by atoms with E-state index < -0.39 is 0 Å². The standard InChI is InChI=1S/C14H15ClN4O/c1-9(14-8-16-5-6-17-14)18-11-3-4-13(12(15)7-11)19-10(2)20/h3-9,18H,1-2H3,(H,19,20). The Morgan fingerprint density at radius 3 is 2.75 bits per heavy atom. The minimum Gasteiger partial charge on any atom is -0.377 e. The first-order valence-electron chi connectivity index (χ1n) is 6.16. The highest BCUT2D eigenvalue weighted by atomic mass is 35.5. The van der Waals surface area contributed by atoms with E-state index in [0.29, 0.717) is 10.7 Å². The first-order valence-corrected chi connectivity index (χ1v) is 6.53. The number of rotatable bonds is 4. The van der Waals surface area contributed by atoms with Crippen LogP contribution in [0.4, 0.5) is 11.4 Å². The van der Waals surface area contributed by atoms with Crippen LogP contribution in [0.3, 0.4) is 0 Å². The van der Waals surface area contributed by atoms with Gasteiger partial charge in [0, 0.05) is 25.0 Å². The predicted molar refractivity (Wildman–Crippen MR) is 79.8 cm³/mol. The number of amides is 1. The molecule has 1 aromatic heterocycles. The third-order valence-corrected chi connectivity index (χ3v) is 3.00. The first kappa shape index (κ1) is 14.3. The Morgan fingerprint density at radius 1 is 1.35 bits per heavy atom. The van der Waals surface area contributed by atoms with Gasteiger partial charge in [0.25, 0.3) is 0 Å². The molecule has 104 valence electrons. The van der Waals surface area contributed by atoms with Crippen LogP contribution < -0.4 is 10.6 Å². The number of carbonyl (C=O) groups excluding carboxylic acids is 1. The summed E-state index contributed by atoms with van der Waals surface area (Å²) in [7, 11) is 0. The van der Waals surface area contributed by atoms with E-state index in [9.17, 15) is 4.79 Å². The van der Waals surface area contributed by atoms with Gasteiger partial charge in [0.2, 0.25) is 5.91 Å². The largest absolute Gasteiger partial charge is 0.377 e. The molecule has 0 aliphatic heterocycles. The average molecular weight is 291 g/mol. The van der Waals surface area contributed by atoms with Gasteiger partial charge in [-0.15, -0.1) is 0 Å². The van der Waals surface area contributed by atoms with Crippen molar-refractivity contribution in [2.45, 2.75) is 19.9 Å². The maximum Gasteiger partial charge on any atom is 0.221 e. The third-order valence-electron chi connectivity index (χ3n) is 2.69. The molecule has 1 atom stereocenters. The molecule has 6 heteroatoms. The molecular formula is C14H15ClN4O. The second kappa shape index (κ2) is 6.34. The quantitative estimate of drug-likeness (QED) is 0.907. The van der Waals surface area contributed by atoms with E-state index in [-0.39, 0.29) is 11.9 Å². The molecule has 1 heterocycles. The van der Waals surface area contributed by atoms with Gasteiger partial charge in [0.1, 0.15) is 0 Å². The molecule has 1 unspecified atom stereocenters. The van der Waals surface area contributed by atoms with E-state index in [2.05, 4.69) is 20.6 Å². The van der Waals surface area contributed by atoms with Gasteiger partial charge in [-0.05, 0) is 25.1 Å². The molecule has 0 saturated carbocycles. The molecule has 0 radical (unpaired) electrons. The Hall–Kier alpha value is -2.14. The molecule has 2 aromatic rings. The number of aromatic nitrogens is 2. The number of nitrogens with one attached hydrogen (secondary N) is 2. The minimum atomic E-state index is -0.152. The molecule has 2 rings (SSSR count). The van der Waals surface area contributed by atoms with E-state index in [1.54, 1.807) is 30.7 Å². The number of hydrogen-bond donors (Lipinski definition) is 2. The molecule has 0 aliphatic carbocycles. The van der Waals surface area contributed by atoms with E-state index in [0.717, 1.165) is 11.4 Å². The second-order valence-electron chi connectivity index (χ2n) is 4.37. The summed E-state index contributed by atoms with van der Waals surface area (Å²) in [6.45, 7) is 3.43. The van der Waals surface area contributed by atoms with Crippen LogP contribution >= 0.6 is 11.6 Å². The van der Waals surface area contributed by atoms with Crippen molar-refractivity contribution in [3.8, 4) is 0 Å². The molecule has 1 amide bonds. The third kappa shape index (κ3) is 3.68. The topological polar surface area (TPSA) is 66.9 Å². The van der Waals surface area contributed by atoms with Crippen molar-refractivity contribution >= 4 is 28.9 Å². The van der Waals surface area contributed by atoms with Crippen molar-refractivity contribution in [2.75, 3.05) is 10.6 Å². The monoisotopic (exact) mass is 290 g/mol. The number of halogens is 1. The summed E-state index contributed by atoms with van der Waals surface area (Å²) in [5.74, 6) is -0.152. The van der Waals surface area contributed by atoms with Crippen LogP contribution in [0.2, 0.25) is 5.02 Å². The minimum absolute atomic E-state index is 0.00591. The molecule has 0 aliphatic rings. The van der Waals surface area contributed by atoms with Crippen molar-refractivity contribution < 1.29 is 4.79 Å². The second-order valence-corrected chi connectivity index (χ2v) is 4.78. The summed E-state index contributed by atoms with van der Waals surface area (Å²) in [5, 5.41) is 6.43. The zero-order valence-corrected chi connectivity index (χ0v) is 12.0. The summed E-state index contributed by atoms with van der Waals surface area (Å²) in [6, 6.07) is 5.38. The Bertz CT molecular complexity index is 603. The summed E-state index contributed by atoms with van der Waals surface area (Å²) in [4.78, 5) is 19.3. The van der Waals surface area contributed by atoms with E-state index in [1.807, 2.05) is 13.0 Å². The SMILES string of the molecule is CC(=O)Nc1ccc(NC(C)c2cnccn2)cc1Cl. The van der Waals surface area contributed by atoms with Gasteiger partial charge >= 0.3 is 0 Å². The van der Waals surface area contributed by atoms with Crippen molar-refractivity contribution in [3.63, 3.8) is 0 Å². The lowest BCUT2D eigenvalue weighted by Crippen LogP contribution is -2.09. The number of nitrogens with zero attached hydrogens (tertiary/aromatic N) is 2. The van der Waals surface area contributed by atoms with Gasteiger partial charge in [-0.25, -0.2) is 0 Å². The maximum absolute atomic E-state index is 11.0. The lowest BCUT2D eigenvalue weighted by Gasteiger charge is -2.15. The summed E-state index contributed by atoms with van der Waals surface area (Å²) < 4.78 is 0. The van der Waals surface area contributed by atoms with Crippen molar-refractivity contribution in [3.05, 3.63) is 47.5 Å². The zero-order chi connectivity index (χ0) is 14.5. The fourth-order valence-electron chi connectivity index (χ4n) is 1.75. The van der Waals surface area contributed by atoms with Gasteiger partial charge in [-0.2, -0.15) is 0 Å². The van der Waals surface area contributed by atoms with Gasteiger partial charge in [-0.3, -0.25) is 14.8 Å². The normalized spacial score (nSPS) is 11.8. The molecule has 20 heavy (non-hydrogen) atoms. The summed E-state index contributed by atoms with van der Waals surface area (Å²) >= 11 is 6.12. The fourth-order valence-corrected chi connectivity index (χ4v) is 1.98. The van der Waals surface area contributed by atoms with Crippen molar-refractivity contribution in [2.24, 2.45) is 0 Å². The molecule has 0 spiro atoms. The Labute approximate surface area is 122 Å². The summed E-state index contributed by atoms with van der Waals surface area (Å²) in [5.41, 5.74) is 2.29. The fraction of sp³-hybridized carbons (Fsp3) is 0.214. The molecule has 2 N–H and O–H groups in total. The molecule has 5 nitrogen and oxygen atoms in total. The number of hydrogen-bond acceptors (Lipinski definition) is 4. The Morgan fingerprint density at radius 2 is 2.15 bits per heavy atom. The average Bonchev–Trinajstić information content (AvgIpc) is 2.42. The van der Waals surface area contributed by atoms with Crippen LogP contribution in [0.15, 0.2) is 36.8 Å². The highest BCUT2D eigenvalue weighted by Gasteiger charge is 2.08. The number of carbonyl (C=O) groups is 1. The molecule has 0 fully saturated rings. The van der Waals surface area contributed by atoms with Crippen LogP contribution in [0, 0.1) is 0 Å². The number of anilines is 2. The van der Waals surface area contributed by atoms with Gasteiger partial charge in [0.05, 0.1) is 28.6 Å². The molecule has 0 saturated heterocycles. The van der Waals surface area contributed by atoms with E-state index in [1.165, 1.54) is 6.92 Å². The van der Waals surface area contributed by atoms with Crippen LogP contribution in [0.25, 0.3) is 0 Å². The zero-order valence-electron chi connectivity index (χ0n) is 11.2. The van der Waals surface area contributed by atoms with E-state index in [4.69, 9.17) is 11.6 Å². The molecule has 0 bridgehead atoms. The highest BCUT2D eigenvalue weighted by molar-refractivity contribution is 6.34. The molecule has 1 aromatic carbocycles. The lowest BCUT2D eigenvalue weighted by atomic mass is 10.2. The summed E-state index contributed by atoms with van der Waals surface area (Å²) in [6.07, 6.45) is 5.00. The van der Waals surface area contributed by atoms with Crippen molar-refractivity contribution in [1.82, 2.24) is 9.97 Å².